The predicted molar refractivity (Wildman–Crippen MR) is 57.9 cm³/mol. The van der Waals surface area contributed by atoms with E-state index in [4.69, 9.17) is 0 Å². The van der Waals surface area contributed by atoms with Gasteiger partial charge in [-0.3, -0.25) is 9.59 Å². The van der Waals surface area contributed by atoms with Gasteiger partial charge in [0.25, 0.3) is 0 Å². The van der Waals surface area contributed by atoms with Crippen LogP contribution in [-0.2, 0) is 11.3 Å². The number of carbonyl (C=O) groups is 2. The van der Waals surface area contributed by atoms with E-state index in [1.165, 1.54) is 10.9 Å². The normalized spacial score (nSPS) is 12.5. The fourth-order valence-corrected chi connectivity index (χ4v) is 1.06. The molecule has 1 atom stereocenters. The van der Waals surface area contributed by atoms with Crippen molar-refractivity contribution >= 4 is 12.2 Å². The largest absolute Gasteiger partial charge is 0.352 e. The van der Waals surface area contributed by atoms with E-state index in [0.29, 0.717) is 12.2 Å². The second-order valence-electron chi connectivity index (χ2n) is 4.06. The predicted octanol–water partition coefficient (Wildman–Crippen LogP) is 0.251. The molecule has 1 rings (SSSR count). The molecule has 0 aromatic carbocycles. The van der Waals surface area contributed by atoms with Gasteiger partial charge in [0.1, 0.15) is 12.2 Å². The summed E-state index contributed by atoms with van der Waals surface area (Å²) in [6.45, 7) is 6.09. The molecule has 0 saturated heterocycles. The summed E-state index contributed by atoms with van der Waals surface area (Å²) >= 11 is 0. The first kappa shape index (κ1) is 12.4. The van der Waals surface area contributed by atoms with Crippen LogP contribution in [0.25, 0.3) is 0 Å². The number of rotatable bonds is 5. The molecule has 6 nitrogen and oxygen atoms in total. The van der Waals surface area contributed by atoms with Gasteiger partial charge in [0, 0.05) is 6.04 Å². The van der Waals surface area contributed by atoms with Gasteiger partial charge < -0.3 is 5.32 Å². The molecule has 1 amide bonds. The highest BCUT2D eigenvalue weighted by molar-refractivity contribution is 5.76. The lowest BCUT2D eigenvalue weighted by molar-refractivity contribution is -0.122. The van der Waals surface area contributed by atoms with Crippen molar-refractivity contribution < 1.29 is 9.59 Å². The van der Waals surface area contributed by atoms with Crippen LogP contribution < -0.4 is 5.32 Å². The summed E-state index contributed by atoms with van der Waals surface area (Å²) in [6, 6.07) is 0.113. The highest BCUT2D eigenvalue weighted by atomic mass is 16.2. The third kappa shape index (κ3) is 3.45. The van der Waals surface area contributed by atoms with Crippen molar-refractivity contribution in [3.05, 3.63) is 11.9 Å². The minimum atomic E-state index is -0.136. The Labute approximate surface area is 94.0 Å². The molecule has 0 radical (unpaired) electrons. The number of hydrogen-bond acceptors (Lipinski definition) is 4. The van der Waals surface area contributed by atoms with Crippen LogP contribution in [0, 0.1) is 5.92 Å². The number of amides is 1. The van der Waals surface area contributed by atoms with Crippen molar-refractivity contribution in [2.45, 2.75) is 33.4 Å². The Balaban J connectivity index is 2.48. The van der Waals surface area contributed by atoms with Crippen molar-refractivity contribution in [3.8, 4) is 0 Å². The van der Waals surface area contributed by atoms with Crippen LogP contribution in [0.5, 0.6) is 0 Å². The Morgan fingerprint density at radius 2 is 2.25 bits per heavy atom. The molecule has 1 heterocycles. The van der Waals surface area contributed by atoms with Gasteiger partial charge in [-0.1, -0.05) is 19.1 Å². The summed E-state index contributed by atoms with van der Waals surface area (Å²) in [6.07, 6.45) is 2.03. The fourth-order valence-electron chi connectivity index (χ4n) is 1.06. The van der Waals surface area contributed by atoms with Gasteiger partial charge in [-0.05, 0) is 12.8 Å². The monoisotopic (exact) mass is 224 g/mol. The van der Waals surface area contributed by atoms with E-state index in [-0.39, 0.29) is 24.2 Å². The molecule has 0 aliphatic heterocycles. The van der Waals surface area contributed by atoms with Crippen LogP contribution in [0.15, 0.2) is 6.20 Å². The van der Waals surface area contributed by atoms with Crippen LogP contribution in [0.3, 0.4) is 0 Å². The van der Waals surface area contributed by atoms with E-state index in [2.05, 4.69) is 15.6 Å². The maximum atomic E-state index is 11.5. The lowest BCUT2D eigenvalue weighted by Crippen LogP contribution is -2.38. The first-order valence-corrected chi connectivity index (χ1v) is 5.17. The van der Waals surface area contributed by atoms with Crippen molar-refractivity contribution in [1.29, 1.82) is 0 Å². The minimum absolute atomic E-state index is 0.0813. The van der Waals surface area contributed by atoms with Gasteiger partial charge in [-0.15, -0.1) is 5.10 Å². The maximum absolute atomic E-state index is 11.5. The van der Waals surface area contributed by atoms with E-state index in [1.54, 1.807) is 0 Å². The molecule has 0 bridgehead atoms. The molecule has 1 aromatic rings. The van der Waals surface area contributed by atoms with E-state index in [9.17, 15) is 9.59 Å². The Morgan fingerprint density at radius 3 is 2.75 bits per heavy atom. The standard InChI is InChI=1S/C10H16N4O2/c1-7(2)8(3)11-10(16)5-14-4-9(6-15)12-13-14/h4,6-8H,5H2,1-3H3,(H,11,16). The summed E-state index contributed by atoms with van der Waals surface area (Å²) in [7, 11) is 0. The van der Waals surface area contributed by atoms with Gasteiger partial charge in [-0.25, -0.2) is 4.68 Å². The van der Waals surface area contributed by atoms with E-state index in [1.807, 2.05) is 20.8 Å². The molecular weight excluding hydrogens is 208 g/mol. The number of carbonyl (C=O) groups excluding carboxylic acids is 2. The fraction of sp³-hybridized carbons (Fsp3) is 0.600. The summed E-state index contributed by atoms with van der Waals surface area (Å²) in [5.74, 6) is 0.244. The first-order valence-electron chi connectivity index (χ1n) is 5.17. The molecule has 0 aliphatic rings. The molecule has 1 N–H and O–H groups in total. The molecule has 88 valence electrons. The van der Waals surface area contributed by atoms with Gasteiger partial charge in [0.05, 0.1) is 6.20 Å². The second-order valence-corrected chi connectivity index (χ2v) is 4.06. The van der Waals surface area contributed by atoms with Crippen molar-refractivity contribution in [1.82, 2.24) is 20.3 Å². The number of nitrogens with zero attached hydrogens (tertiary/aromatic N) is 3. The summed E-state index contributed by atoms with van der Waals surface area (Å²) < 4.78 is 1.34. The maximum Gasteiger partial charge on any atom is 0.242 e. The zero-order valence-corrected chi connectivity index (χ0v) is 9.67. The molecule has 0 spiro atoms. The van der Waals surface area contributed by atoms with E-state index >= 15 is 0 Å². The Morgan fingerprint density at radius 1 is 1.56 bits per heavy atom. The lowest BCUT2D eigenvalue weighted by atomic mass is 10.1. The number of aldehydes is 1. The smallest absolute Gasteiger partial charge is 0.242 e. The Bertz CT molecular complexity index is 373. The summed E-state index contributed by atoms with van der Waals surface area (Å²) in [5.41, 5.74) is 0.227. The van der Waals surface area contributed by atoms with Crippen molar-refractivity contribution in [3.63, 3.8) is 0 Å². The van der Waals surface area contributed by atoms with E-state index < -0.39 is 0 Å². The molecular formula is C10H16N4O2. The van der Waals surface area contributed by atoms with Crippen LogP contribution in [0.4, 0.5) is 0 Å². The number of hydrogen-bond donors (Lipinski definition) is 1. The van der Waals surface area contributed by atoms with Gasteiger partial charge >= 0.3 is 0 Å². The topological polar surface area (TPSA) is 76.9 Å². The quantitative estimate of drug-likeness (QED) is 0.727. The van der Waals surface area contributed by atoms with Gasteiger partial charge in [-0.2, -0.15) is 0 Å². The minimum Gasteiger partial charge on any atom is -0.352 e. The number of aromatic nitrogens is 3. The SMILES string of the molecule is CC(C)C(C)NC(=O)Cn1cc(C=O)nn1. The molecule has 1 aromatic heterocycles. The van der Waals surface area contributed by atoms with Crippen LogP contribution >= 0.6 is 0 Å². The van der Waals surface area contributed by atoms with Gasteiger partial charge in [0.15, 0.2) is 6.29 Å². The highest BCUT2D eigenvalue weighted by Crippen LogP contribution is 1.99. The Kier molecular flexibility index (Phi) is 4.16. The zero-order chi connectivity index (χ0) is 12.1. The molecule has 16 heavy (non-hydrogen) atoms. The Hall–Kier alpha value is -1.72. The average Bonchev–Trinajstić information content (AvgIpc) is 2.65. The molecule has 0 fully saturated rings. The zero-order valence-electron chi connectivity index (χ0n) is 9.67. The lowest BCUT2D eigenvalue weighted by Gasteiger charge is -2.17. The number of nitrogens with one attached hydrogen (secondary N) is 1. The van der Waals surface area contributed by atoms with Crippen molar-refractivity contribution in [2.24, 2.45) is 5.92 Å². The second kappa shape index (κ2) is 5.39. The highest BCUT2D eigenvalue weighted by Gasteiger charge is 2.11. The summed E-state index contributed by atoms with van der Waals surface area (Å²) in [5, 5.41) is 10.1. The van der Waals surface area contributed by atoms with Crippen molar-refractivity contribution in [2.75, 3.05) is 0 Å². The molecule has 0 aliphatic carbocycles. The third-order valence-corrected chi connectivity index (χ3v) is 2.37. The molecule has 6 heteroatoms. The first-order chi connectivity index (χ1) is 7.52. The summed E-state index contributed by atoms with van der Waals surface area (Å²) in [4.78, 5) is 21.9. The van der Waals surface area contributed by atoms with Crippen LogP contribution in [0.2, 0.25) is 0 Å². The molecule has 1 unspecified atom stereocenters. The molecule has 0 saturated carbocycles. The van der Waals surface area contributed by atoms with Crippen LogP contribution in [0.1, 0.15) is 31.3 Å². The van der Waals surface area contributed by atoms with E-state index in [0.717, 1.165) is 0 Å². The van der Waals surface area contributed by atoms with Crippen LogP contribution in [-0.4, -0.2) is 33.2 Å². The third-order valence-electron chi connectivity index (χ3n) is 2.37. The van der Waals surface area contributed by atoms with Gasteiger partial charge in [0.2, 0.25) is 5.91 Å². The average molecular weight is 224 g/mol.